The van der Waals surface area contributed by atoms with Crippen molar-refractivity contribution in [3.8, 4) is 5.75 Å². The van der Waals surface area contributed by atoms with E-state index in [1.807, 2.05) is 0 Å². The van der Waals surface area contributed by atoms with Crippen molar-refractivity contribution in [1.82, 2.24) is 0 Å². The fourth-order valence-electron chi connectivity index (χ4n) is 1.45. The Bertz CT molecular complexity index is 597. The number of carbonyl (C=O) groups excluding carboxylic acids is 1. The normalized spacial score (nSPS) is 10.3. The Balaban J connectivity index is 2.15. The first-order valence-corrected chi connectivity index (χ1v) is 6.33. The maximum atomic E-state index is 12.9. The number of hydrogen-bond donors (Lipinski definition) is 0. The molecular formula is C14H9Cl2FO2. The zero-order chi connectivity index (χ0) is 13.8. The average molecular weight is 299 g/mol. The first-order valence-electron chi connectivity index (χ1n) is 5.42. The minimum absolute atomic E-state index is 0.0470. The Labute approximate surface area is 119 Å². The SMILES string of the molecule is O=C(Oc1ccc(F)cc1Cl)c1ccc(CCl)cc1. The number of halogens is 3. The van der Waals surface area contributed by atoms with E-state index in [-0.39, 0.29) is 10.8 Å². The Morgan fingerprint density at radius 3 is 2.42 bits per heavy atom. The minimum Gasteiger partial charge on any atom is -0.421 e. The van der Waals surface area contributed by atoms with Crippen molar-refractivity contribution < 1.29 is 13.9 Å². The number of ether oxygens (including phenoxy) is 1. The van der Waals surface area contributed by atoms with Crippen LogP contribution in [0, 0.1) is 5.82 Å². The number of benzene rings is 2. The van der Waals surface area contributed by atoms with Crippen LogP contribution in [0.2, 0.25) is 5.02 Å². The summed E-state index contributed by atoms with van der Waals surface area (Å²) in [5, 5.41) is 0.0470. The molecule has 0 fully saturated rings. The summed E-state index contributed by atoms with van der Waals surface area (Å²) in [5.41, 5.74) is 1.27. The Hall–Kier alpha value is -1.58. The van der Waals surface area contributed by atoms with Gasteiger partial charge in [-0.05, 0) is 35.9 Å². The van der Waals surface area contributed by atoms with Crippen molar-refractivity contribution in [2.24, 2.45) is 0 Å². The summed E-state index contributed by atoms with van der Waals surface area (Å²) >= 11 is 11.4. The standard InChI is InChI=1S/C14H9Cl2FO2/c15-8-9-1-3-10(4-2-9)14(18)19-13-6-5-11(17)7-12(13)16/h1-7H,8H2. The lowest BCUT2D eigenvalue weighted by molar-refractivity contribution is 0.0734. The molecule has 0 saturated carbocycles. The average Bonchev–Trinajstić information content (AvgIpc) is 2.42. The lowest BCUT2D eigenvalue weighted by atomic mass is 10.1. The van der Waals surface area contributed by atoms with Crippen LogP contribution in [0.15, 0.2) is 42.5 Å². The first-order chi connectivity index (χ1) is 9.10. The predicted molar refractivity (Wildman–Crippen MR) is 72.4 cm³/mol. The third-order valence-corrected chi connectivity index (χ3v) is 3.04. The van der Waals surface area contributed by atoms with Crippen LogP contribution in [-0.4, -0.2) is 5.97 Å². The Morgan fingerprint density at radius 2 is 1.84 bits per heavy atom. The molecule has 0 radical (unpaired) electrons. The van der Waals surface area contributed by atoms with E-state index < -0.39 is 11.8 Å². The van der Waals surface area contributed by atoms with Crippen LogP contribution in [0.25, 0.3) is 0 Å². The molecular weight excluding hydrogens is 290 g/mol. The van der Waals surface area contributed by atoms with Gasteiger partial charge in [0, 0.05) is 5.88 Å². The highest BCUT2D eigenvalue weighted by Crippen LogP contribution is 2.25. The van der Waals surface area contributed by atoms with Gasteiger partial charge in [0.2, 0.25) is 0 Å². The summed E-state index contributed by atoms with van der Waals surface area (Å²) in [7, 11) is 0. The van der Waals surface area contributed by atoms with Crippen LogP contribution in [0.1, 0.15) is 15.9 Å². The first kappa shape index (κ1) is 13.8. The lowest BCUT2D eigenvalue weighted by Gasteiger charge is -2.06. The molecule has 2 aromatic carbocycles. The second kappa shape index (κ2) is 6.04. The molecule has 0 aliphatic heterocycles. The minimum atomic E-state index is -0.561. The fourth-order valence-corrected chi connectivity index (χ4v) is 1.83. The number of rotatable bonds is 3. The van der Waals surface area contributed by atoms with E-state index in [1.54, 1.807) is 24.3 Å². The summed E-state index contributed by atoms with van der Waals surface area (Å²) in [6.45, 7) is 0. The summed E-state index contributed by atoms with van der Waals surface area (Å²) < 4.78 is 17.9. The van der Waals surface area contributed by atoms with Crippen molar-refractivity contribution in [2.45, 2.75) is 5.88 Å². The molecule has 0 amide bonds. The molecule has 2 rings (SSSR count). The van der Waals surface area contributed by atoms with Crippen LogP contribution in [0.3, 0.4) is 0 Å². The lowest BCUT2D eigenvalue weighted by Crippen LogP contribution is -2.08. The highest BCUT2D eigenvalue weighted by Gasteiger charge is 2.11. The molecule has 5 heteroatoms. The number of alkyl halides is 1. The highest BCUT2D eigenvalue weighted by molar-refractivity contribution is 6.32. The van der Waals surface area contributed by atoms with Crippen LogP contribution < -0.4 is 4.74 Å². The van der Waals surface area contributed by atoms with Gasteiger partial charge in [-0.25, -0.2) is 9.18 Å². The molecule has 2 nitrogen and oxygen atoms in total. The molecule has 0 atom stereocenters. The van der Waals surface area contributed by atoms with Gasteiger partial charge < -0.3 is 4.74 Å². The van der Waals surface area contributed by atoms with Crippen LogP contribution >= 0.6 is 23.2 Å². The number of esters is 1. The second-order valence-electron chi connectivity index (χ2n) is 3.79. The van der Waals surface area contributed by atoms with E-state index in [9.17, 15) is 9.18 Å². The molecule has 2 aromatic rings. The van der Waals surface area contributed by atoms with Crippen molar-refractivity contribution in [3.63, 3.8) is 0 Å². The van der Waals surface area contributed by atoms with Crippen molar-refractivity contribution >= 4 is 29.2 Å². The maximum Gasteiger partial charge on any atom is 0.343 e. The van der Waals surface area contributed by atoms with Gasteiger partial charge in [0.1, 0.15) is 11.6 Å². The zero-order valence-corrected chi connectivity index (χ0v) is 11.2. The Morgan fingerprint density at radius 1 is 1.16 bits per heavy atom. The largest absolute Gasteiger partial charge is 0.421 e. The Kier molecular flexibility index (Phi) is 4.40. The molecule has 0 aromatic heterocycles. The van der Waals surface area contributed by atoms with Crippen molar-refractivity contribution in [2.75, 3.05) is 0 Å². The van der Waals surface area contributed by atoms with Gasteiger partial charge >= 0.3 is 5.97 Å². The van der Waals surface area contributed by atoms with Gasteiger partial charge in [-0.1, -0.05) is 23.7 Å². The third-order valence-electron chi connectivity index (χ3n) is 2.44. The number of hydrogen-bond acceptors (Lipinski definition) is 2. The molecule has 0 spiro atoms. The molecule has 0 unspecified atom stereocenters. The summed E-state index contributed by atoms with van der Waals surface area (Å²) in [6, 6.07) is 10.2. The molecule has 0 aliphatic rings. The fraction of sp³-hybridized carbons (Fsp3) is 0.0714. The monoisotopic (exact) mass is 298 g/mol. The quantitative estimate of drug-likeness (QED) is 0.476. The summed E-state index contributed by atoms with van der Waals surface area (Å²) in [4.78, 5) is 11.8. The zero-order valence-electron chi connectivity index (χ0n) is 9.70. The van der Waals surface area contributed by atoms with Gasteiger partial charge in [-0.3, -0.25) is 0 Å². The van der Waals surface area contributed by atoms with E-state index in [0.717, 1.165) is 11.6 Å². The van der Waals surface area contributed by atoms with E-state index in [4.69, 9.17) is 27.9 Å². The molecule has 0 heterocycles. The molecule has 0 saturated heterocycles. The second-order valence-corrected chi connectivity index (χ2v) is 4.47. The van der Waals surface area contributed by atoms with Crippen LogP contribution in [-0.2, 0) is 5.88 Å². The van der Waals surface area contributed by atoms with Gasteiger partial charge in [0.15, 0.2) is 0 Å². The highest BCUT2D eigenvalue weighted by atomic mass is 35.5. The molecule has 0 bridgehead atoms. The number of carbonyl (C=O) groups is 1. The van der Waals surface area contributed by atoms with Crippen LogP contribution in [0.4, 0.5) is 4.39 Å². The summed E-state index contributed by atoms with van der Waals surface area (Å²) in [5.74, 6) is -0.556. The van der Waals surface area contributed by atoms with Crippen molar-refractivity contribution in [3.05, 3.63) is 64.4 Å². The van der Waals surface area contributed by atoms with E-state index >= 15 is 0 Å². The topological polar surface area (TPSA) is 26.3 Å². The maximum absolute atomic E-state index is 12.9. The van der Waals surface area contributed by atoms with Gasteiger partial charge in [-0.2, -0.15) is 0 Å². The third kappa shape index (κ3) is 3.46. The van der Waals surface area contributed by atoms with E-state index in [2.05, 4.69) is 0 Å². The van der Waals surface area contributed by atoms with Gasteiger partial charge in [-0.15, -0.1) is 11.6 Å². The molecule has 19 heavy (non-hydrogen) atoms. The van der Waals surface area contributed by atoms with Gasteiger partial charge in [0.25, 0.3) is 0 Å². The molecule has 0 N–H and O–H groups in total. The van der Waals surface area contributed by atoms with E-state index in [1.165, 1.54) is 12.1 Å². The van der Waals surface area contributed by atoms with Crippen LogP contribution in [0.5, 0.6) is 5.75 Å². The van der Waals surface area contributed by atoms with E-state index in [0.29, 0.717) is 11.4 Å². The predicted octanol–water partition coefficient (Wildman–Crippen LogP) is 4.44. The summed E-state index contributed by atoms with van der Waals surface area (Å²) in [6.07, 6.45) is 0. The molecule has 98 valence electrons. The van der Waals surface area contributed by atoms with Gasteiger partial charge in [0.05, 0.1) is 10.6 Å². The smallest absolute Gasteiger partial charge is 0.343 e. The molecule has 0 aliphatic carbocycles. The van der Waals surface area contributed by atoms with Crippen molar-refractivity contribution in [1.29, 1.82) is 0 Å².